The zero-order valence-corrected chi connectivity index (χ0v) is 11.8. The standard InChI is InChI=1S/C14H18ClN3O/c1-2-7-16-8-6-13-17-18-14(19-13)10-11-4-3-5-12(15)9-11/h3-5,9,16H,2,6-8,10H2,1H3. The maximum atomic E-state index is 5.94. The highest BCUT2D eigenvalue weighted by atomic mass is 35.5. The second-order valence-electron chi connectivity index (χ2n) is 4.40. The Kier molecular flexibility index (Phi) is 5.36. The summed E-state index contributed by atoms with van der Waals surface area (Å²) in [6.07, 6.45) is 2.52. The highest BCUT2D eigenvalue weighted by molar-refractivity contribution is 6.30. The molecule has 1 N–H and O–H groups in total. The molecule has 1 aromatic heterocycles. The van der Waals surface area contributed by atoms with Crippen molar-refractivity contribution in [3.8, 4) is 0 Å². The number of halogens is 1. The van der Waals surface area contributed by atoms with E-state index < -0.39 is 0 Å². The van der Waals surface area contributed by atoms with Crippen molar-refractivity contribution in [1.82, 2.24) is 15.5 Å². The minimum atomic E-state index is 0.621. The summed E-state index contributed by atoms with van der Waals surface area (Å²) >= 11 is 5.94. The van der Waals surface area contributed by atoms with E-state index in [1.54, 1.807) is 0 Å². The Balaban J connectivity index is 1.87. The first kappa shape index (κ1) is 14.0. The van der Waals surface area contributed by atoms with Crippen molar-refractivity contribution in [2.24, 2.45) is 0 Å². The van der Waals surface area contributed by atoms with E-state index in [4.69, 9.17) is 16.0 Å². The van der Waals surface area contributed by atoms with Crippen LogP contribution in [0.2, 0.25) is 5.02 Å². The monoisotopic (exact) mass is 279 g/mol. The van der Waals surface area contributed by atoms with Gasteiger partial charge in [-0.25, -0.2) is 0 Å². The number of hydrogen-bond donors (Lipinski definition) is 1. The predicted molar refractivity (Wildman–Crippen MR) is 75.4 cm³/mol. The van der Waals surface area contributed by atoms with Crippen LogP contribution in [0.5, 0.6) is 0 Å². The number of hydrogen-bond acceptors (Lipinski definition) is 4. The summed E-state index contributed by atoms with van der Waals surface area (Å²) in [4.78, 5) is 0. The maximum absolute atomic E-state index is 5.94. The van der Waals surface area contributed by atoms with E-state index in [0.717, 1.165) is 36.5 Å². The number of nitrogens with one attached hydrogen (secondary N) is 1. The second-order valence-corrected chi connectivity index (χ2v) is 4.83. The molecule has 19 heavy (non-hydrogen) atoms. The molecule has 0 aliphatic rings. The number of aromatic nitrogens is 2. The fourth-order valence-electron chi connectivity index (χ4n) is 1.78. The molecule has 0 unspecified atom stereocenters. The van der Waals surface area contributed by atoms with Gasteiger partial charge < -0.3 is 9.73 Å². The molecule has 0 fully saturated rings. The molecular weight excluding hydrogens is 262 g/mol. The van der Waals surface area contributed by atoms with Crippen molar-refractivity contribution in [2.75, 3.05) is 13.1 Å². The summed E-state index contributed by atoms with van der Waals surface area (Å²) in [5, 5.41) is 12.1. The molecule has 0 bridgehead atoms. The zero-order valence-electron chi connectivity index (χ0n) is 11.0. The smallest absolute Gasteiger partial charge is 0.220 e. The Bertz CT molecular complexity index is 513. The summed E-state index contributed by atoms with van der Waals surface area (Å²) < 4.78 is 5.60. The van der Waals surface area contributed by atoms with Crippen LogP contribution in [0.15, 0.2) is 28.7 Å². The minimum Gasteiger partial charge on any atom is -0.425 e. The summed E-state index contributed by atoms with van der Waals surface area (Å²) in [6, 6.07) is 7.68. The molecule has 0 aliphatic heterocycles. The van der Waals surface area contributed by atoms with Gasteiger partial charge in [-0.05, 0) is 30.7 Å². The second kappa shape index (κ2) is 7.26. The van der Waals surface area contributed by atoms with E-state index in [0.29, 0.717) is 18.2 Å². The molecule has 4 nitrogen and oxygen atoms in total. The molecule has 0 saturated carbocycles. The fourth-order valence-corrected chi connectivity index (χ4v) is 1.99. The number of rotatable bonds is 7. The van der Waals surface area contributed by atoms with Gasteiger partial charge in [0, 0.05) is 18.0 Å². The van der Waals surface area contributed by atoms with Crippen molar-refractivity contribution in [3.05, 3.63) is 46.6 Å². The van der Waals surface area contributed by atoms with Crippen LogP contribution in [0.1, 0.15) is 30.7 Å². The fraction of sp³-hybridized carbons (Fsp3) is 0.429. The van der Waals surface area contributed by atoms with Gasteiger partial charge in [0.15, 0.2) is 0 Å². The van der Waals surface area contributed by atoms with E-state index in [-0.39, 0.29) is 0 Å². The molecule has 0 saturated heterocycles. The molecule has 5 heteroatoms. The SMILES string of the molecule is CCCNCCc1nnc(Cc2cccc(Cl)c2)o1. The van der Waals surface area contributed by atoms with Gasteiger partial charge in [-0.15, -0.1) is 10.2 Å². The van der Waals surface area contributed by atoms with Gasteiger partial charge in [-0.3, -0.25) is 0 Å². The van der Waals surface area contributed by atoms with Crippen molar-refractivity contribution >= 4 is 11.6 Å². The molecule has 1 aromatic carbocycles. The van der Waals surface area contributed by atoms with Crippen LogP contribution in [0.3, 0.4) is 0 Å². The summed E-state index contributed by atoms with van der Waals surface area (Å²) in [7, 11) is 0. The van der Waals surface area contributed by atoms with Crippen LogP contribution in [0, 0.1) is 0 Å². The lowest BCUT2D eigenvalue weighted by molar-refractivity contribution is 0.451. The largest absolute Gasteiger partial charge is 0.425 e. The molecular formula is C14H18ClN3O. The van der Waals surface area contributed by atoms with Gasteiger partial charge in [-0.1, -0.05) is 30.7 Å². The molecule has 0 spiro atoms. The summed E-state index contributed by atoms with van der Waals surface area (Å²) in [6.45, 7) is 4.03. The molecule has 0 atom stereocenters. The third-order valence-corrected chi connectivity index (χ3v) is 2.93. The van der Waals surface area contributed by atoms with Crippen LogP contribution >= 0.6 is 11.6 Å². The molecule has 2 rings (SSSR count). The van der Waals surface area contributed by atoms with Crippen molar-refractivity contribution < 1.29 is 4.42 Å². The van der Waals surface area contributed by atoms with Crippen LogP contribution in [-0.4, -0.2) is 23.3 Å². The van der Waals surface area contributed by atoms with Gasteiger partial charge in [0.1, 0.15) is 0 Å². The third-order valence-electron chi connectivity index (χ3n) is 2.70. The van der Waals surface area contributed by atoms with E-state index >= 15 is 0 Å². The van der Waals surface area contributed by atoms with Crippen LogP contribution in [0.4, 0.5) is 0 Å². The highest BCUT2D eigenvalue weighted by Crippen LogP contribution is 2.14. The Labute approximate surface area is 118 Å². The first-order chi connectivity index (χ1) is 9.28. The van der Waals surface area contributed by atoms with Gasteiger partial charge in [0.2, 0.25) is 11.8 Å². The van der Waals surface area contributed by atoms with Crippen LogP contribution in [0.25, 0.3) is 0 Å². The molecule has 0 aliphatic carbocycles. The average Bonchev–Trinajstić information content (AvgIpc) is 2.82. The summed E-state index contributed by atoms with van der Waals surface area (Å²) in [5.41, 5.74) is 1.08. The van der Waals surface area contributed by atoms with Gasteiger partial charge >= 0.3 is 0 Å². The lowest BCUT2D eigenvalue weighted by Crippen LogP contribution is -2.17. The van der Waals surface area contributed by atoms with Crippen molar-refractivity contribution in [1.29, 1.82) is 0 Å². The lowest BCUT2D eigenvalue weighted by atomic mass is 10.1. The third kappa shape index (κ3) is 4.65. The van der Waals surface area contributed by atoms with E-state index in [2.05, 4.69) is 22.4 Å². The van der Waals surface area contributed by atoms with Crippen LogP contribution in [-0.2, 0) is 12.8 Å². The quantitative estimate of drug-likeness (QED) is 0.792. The molecule has 0 radical (unpaired) electrons. The van der Waals surface area contributed by atoms with Gasteiger partial charge in [0.05, 0.1) is 6.42 Å². The van der Waals surface area contributed by atoms with Crippen LogP contribution < -0.4 is 5.32 Å². The first-order valence-corrected chi connectivity index (χ1v) is 6.92. The molecule has 102 valence electrons. The Hall–Kier alpha value is -1.39. The molecule has 1 heterocycles. The van der Waals surface area contributed by atoms with Gasteiger partial charge in [0.25, 0.3) is 0 Å². The number of benzene rings is 1. The molecule has 0 amide bonds. The van der Waals surface area contributed by atoms with E-state index in [9.17, 15) is 0 Å². The van der Waals surface area contributed by atoms with Crippen molar-refractivity contribution in [3.63, 3.8) is 0 Å². The summed E-state index contributed by atoms with van der Waals surface area (Å²) in [5.74, 6) is 1.31. The Morgan fingerprint density at radius 1 is 1.21 bits per heavy atom. The normalized spacial score (nSPS) is 10.8. The predicted octanol–water partition coefficient (Wildman–Crippen LogP) is 2.86. The topological polar surface area (TPSA) is 51.0 Å². The lowest BCUT2D eigenvalue weighted by Gasteiger charge is -1.99. The Morgan fingerprint density at radius 2 is 2.05 bits per heavy atom. The van der Waals surface area contributed by atoms with E-state index in [1.165, 1.54) is 0 Å². The first-order valence-electron chi connectivity index (χ1n) is 6.54. The van der Waals surface area contributed by atoms with E-state index in [1.807, 2.05) is 24.3 Å². The zero-order chi connectivity index (χ0) is 13.5. The number of nitrogens with zero attached hydrogens (tertiary/aromatic N) is 2. The maximum Gasteiger partial charge on any atom is 0.220 e. The average molecular weight is 280 g/mol. The molecule has 2 aromatic rings. The minimum absolute atomic E-state index is 0.621. The highest BCUT2D eigenvalue weighted by Gasteiger charge is 2.06. The Morgan fingerprint density at radius 3 is 2.84 bits per heavy atom. The van der Waals surface area contributed by atoms with Crippen molar-refractivity contribution in [2.45, 2.75) is 26.2 Å². The van der Waals surface area contributed by atoms with Gasteiger partial charge in [-0.2, -0.15) is 0 Å².